The van der Waals surface area contributed by atoms with Crippen molar-refractivity contribution in [1.82, 2.24) is 0 Å². The third-order valence-electron chi connectivity index (χ3n) is 3.36. The van der Waals surface area contributed by atoms with Crippen LogP contribution in [0.5, 0.6) is 0 Å². The molecular weight excluding hydrogens is 188 g/mol. The van der Waals surface area contributed by atoms with Crippen molar-refractivity contribution in [3.63, 3.8) is 0 Å². The fourth-order valence-corrected chi connectivity index (χ4v) is 5.38. The predicted molar refractivity (Wildman–Crippen MR) is 65.2 cm³/mol. The van der Waals surface area contributed by atoms with E-state index >= 15 is 0 Å². The van der Waals surface area contributed by atoms with Crippen molar-refractivity contribution in [2.75, 3.05) is 6.61 Å². The van der Waals surface area contributed by atoms with Gasteiger partial charge in [0.05, 0.1) is 0 Å². The van der Waals surface area contributed by atoms with E-state index in [4.69, 9.17) is 4.43 Å². The molecular formula is C12H26OSi. The summed E-state index contributed by atoms with van der Waals surface area (Å²) in [5.41, 5.74) is 0. The minimum atomic E-state index is -1.15. The Morgan fingerprint density at radius 1 is 1.07 bits per heavy atom. The Kier molecular flexibility index (Phi) is 5.79. The third-order valence-corrected chi connectivity index (χ3v) is 7.08. The maximum atomic E-state index is 5.91. The van der Waals surface area contributed by atoms with Crippen LogP contribution in [0.15, 0.2) is 0 Å². The molecule has 1 unspecified atom stereocenters. The lowest BCUT2D eigenvalue weighted by atomic mass is 10.1. The maximum absolute atomic E-state index is 5.91. The fraction of sp³-hybridized carbons (Fsp3) is 1.00. The van der Waals surface area contributed by atoms with Crippen LogP contribution in [0.1, 0.15) is 51.9 Å². The smallest absolute Gasteiger partial charge is 0.189 e. The Labute approximate surface area is 90.4 Å². The molecule has 14 heavy (non-hydrogen) atoms. The molecule has 0 aliphatic carbocycles. The standard InChI is InChI=1S/C12H26OSi/c1-3-4-5-6-7-8-11-14(2)12-9-10-13-14/h3-12H2,1-2H3. The summed E-state index contributed by atoms with van der Waals surface area (Å²) in [4.78, 5) is 0. The first kappa shape index (κ1) is 12.2. The Morgan fingerprint density at radius 2 is 1.79 bits per heavy atom. The summed E-state index contributed by atoms with van der Waals surface area (Å²) in [6.07, 6.45) is 9.85. The third kappa shape index (κ3) is 4.60. The van der Waals surface area contributed by atoms with Crippen molar-refractivity contribution >= 4 is 8.32 Å². The van der Waals surface area contributed by atoms with Crippen molar-refractivity contribution in [1.29, 1.82) is 0 Å². The first-order chi connectivity index (χ1) is 6.77. The van der Waals surface area contributed by atoms with E-state index in [0.29, 0.717) is 0 Å². The number of unbranched alkanes of at least 4 members (excludes halogenated alkanes) is 5. The number of hydrogen-bond donors (Lipinski definition) is 0. The van der Waals surface area contributed by atoms with Crippen LogP contribution in [0, 0.1) is 0 Å². The molecule has 0 aromatic heterocycles. The van der Waals surface area contributed by atoms with Gasteiger partial charge in [0.25, 0.3) is 0 Å². The molecule has 0 spiro atoms. The minimum absolute atomic E-state index is 1.05. The zero-order valence-electron chi connectivity index (χ0n) is 9.98. The lowest BCUT2D eigenvalue weighted by Crippen LogP contribution is -2.28. The van der Waals surface area contributed by atoms with Crippen molar-refractivity contribution in [2.45, 2.75) is 70.5 Å². The van der Waals surface area contributed by atoms with E-state index < -0.39 is 8.32 Å². The average molecular weight is 214 g/mol. The Morgan fingerprint density at radius 3 is 2.43 bits per heavy atom. The first-order valence-corrected chi connectivity index (χ1v) is 9.23. The Hall–Kier alpha value is 0.177. The summed E-state index contributed by atoms with van der Waals surface area (Å²) in [5, 5.41) is 0. The van der Waals surface area contributed by atoms with Gasteiger partial charge in [0.2, 0.25) is 0 Å². The van der Waals surface area contributed by atoms with E-state index in [1.807, 2.05) is 0 Å². The second kappa shape index (κ2) is 6.62. The molecule has 1 fully saturated rings. The summed E-state index contributed by atoms with van der Waals surface area (Å²) >= 11 is 0. The molecule has 1 rings (SSSR count). The summed E-state index contributed by atoms with van der Waals surface area (Å²) in [7, 11) is -1.15. The van der Waals surface area contributed by atoms with E-state index in [-0.39, 0.29) is 0 Å². The lowest BCUT2D eigenvalue weighted by molar-refractivity contribution is 0.344. The average Bonchev–Trinajstić information content (AvgIpc) is 2.59. The number of rotatable bonds is 7. The van der Waals surface area contributed by atoms with Crippen molar-refractivity contribution in [2.24, 2.45) is 0 Å². The normalized spacial score (nSPS) is 27.0. The molecule has 2 heteroatoms. The Balaban J connectivity index is 1.92. The zero-order valence-corrected chi connectivity index (χ0v) is 11.0. The molecule has 1 aliphatic rings. The van der Waals surface area contributed by atoms with Crippen molar-refractivity contribution in [3.05, 3.63) is 0 Å². The van der Waals surface area contributed by atoms with Gasteiger partial charge in [-0.15, -0.1) is 0 Å². The molecule has 0 bridgehead atoms. The molecule has 1 aliphatic heterocycles. The highest BCUT2D eigenvalue weighted by molar-refractivity contribution is 6.73. The van der Waals surface area contributed by atoms with Crippen LogP contribution in [-0.2, 0) is 4.43 Å². The van der Waals surface area contributed by atoms with Crippen molar-refractivity contribution in [3.8, 4) is 0 Å². The van der Waals surface area contributed by atoms with Gasteiger partial charge in [-0.1, -0.05) is 45.4 Å². The van der Waals surface area contributed by atoms with E-state index in [9.17, 15) is 0 Å². The van der Waals surface area contributed by atoms with E-state index in [1.165, 1.54) is 57.0 Å². The van der Waals surface area contributed by atoms with Gasteiger partial charge in [0.15, 0.2) is 8.32 Å². The van der Waals surface area contributed by atoms with Crippen LogP contribution in [-0.4, -0.2) is 14.9 Å². The van der Waals surface area contributed by atoms with Gasteiger partial charge in [0.1, 0.15) is 0 Å². The molecule has 1 heterocycles. The molecule has 1 atom stereocenters. The monoisotopic (exact) mass is 214 g/mol. The molecule has 0 saturated carbocycles. The molecule has 0 aromatic rings. The molecule has 1 nitrogen and oxygen atoms in total. The van der Waals surface area contributed by atoms with Crippen LogP contribution in [0.3, 0.4) is 0 Å². The van der Waals surface area contributed by atoms with Crippen molar-refractivity contribution < 1.29 is 4.43 Å². The van der Waals surface area contributed by atoms with E-state index in [0.717, 1.165) is 6.61 Å². The summed E-state index contributed by atoms with van der Waals surface area (Å²) in [5.74, 6) is 0. The fourth-order valence-electron chi connectivity index (χ4n) is 2.31. The van der Waals surface area contributed by atoms with Gasteiger partial charge in [-0.3, -0.25) is 0 Å². The topological polar surface area (TPSA) is 9.23 Å². The first-order valence-electron chi connectivity index (χ1n) is 6.41. The predicted octanol–water partition coefficient (Wildman–Crippen LogP) is 4.34. The molecule has 0 amide bonds. The van der Waals surface area contributed by atoms with Crippen LogP contribution in [0.25, 0.3) is 0 Å². The van der Waals surface area contributed by atoms with Gasteiger partial charge in [0, 0.05) is 6.61 Å². The molecule has 1 saturated heterocycles. The highest BCUT2D eigenvalue weighted by atomic mass is 28.4. The number of hydrogen-bond acceptors (Lipinski definition) is 1. The minimum Gasteiger partial charge on any atom is -0.417 e. The van der Waals surface area contributed by atoms with Gasteiger partial charge in [-0.05, 0) is 25.1 Å². The van der Waals surface area contributed by atoms with Gasteiger partial charge in [-0.2, -0.15) is 0 Å². The SMILES string of the molecule is CCCCCCCC[Si]1(C)CCCO1. The summed E-state index contributed by atoms with van der Waals surface area (Å²) in [6, 6.07) is 2.83. The quantitative estimate of drug-likeness (QED) is 0.452. The van der Waals surface area contributed by atoms with Crippen LogP contribution in [0.4, 0.5) is 0 Å². The largest absolute Gasteiger partial charge is 0.417 e. The van der Waals surface area contributed by atoms with Gasteiger partial charge >= 0.3 is 0 Å². The Bertz CT molecular complexity index is 141. The molecule has 0 aromatic carbocycles. The second-order valence-electron chi connectivity index (χ2n) is 4.92. The molecule has 0 N–H and O–H groups in total. The van der Waals surface area contributed by atoms with Crippen LogP contribution in [0.2, 0.25) is 18.6 Å². The van der Waals surface area contributed by atoms with Gasteiger partial charge < -0.3 is 4.43 Å². The summed E-state index contributed by atoms with van der Waals surface area (Å²) < 4.78 is 5.91. The van der Waals surface area contributed by atoms with Crippen LogP contribution >= 0.6 is 0 Å². The van der Waals surface area contributed by atoms with Crippen LogP contribution < -0.4 is 0 Å². The van der Waals surface area contributed by atoms with E-state index in [1.54, 1.807) is 0 Å². The van der Waals surface area contributed by atoms with Gasteiger partial charge in [-0.25, -0.2) is 0 Å². The lowest BCUT2D eigenvalue weighted by Gasteiger charge is -2.19. The molecule has 0 radical (unpaired) electrons. The second-order valence-corrected chi connectivity index (χ2v) is 9.11. The summed E-state index contributed by atoms with van der Waals surface area (Å²) in [6.45, 7) is 5.75. The maximum Gasteiger partial charge on any atom is 0.189 e. The highest BCUT2D eigenvalue weighted by Crippen LogP contribution is 2.28. The zero-order chi connectivity index (χ0) is 10.3. The van der Waals surface area contributed by atoms with E-state index in [2.05, 4.69) is 13.5 Å². The molecule has 84 valence electrons. The highest BCUT2D eigenvalue weighted by Gasteiger charge is 2.32.